The molecule has 2 aromatic carbocycles. The summed E-state index contributed by atoms with van der Waals surface area (Å²) in [7, 11) is 1.83. The van der Waals surface area contributed by atoms with E-state index in [1.54, 1.807) is 16.7 Å². The summed E-state index contributed by atoms with van der Waals surface area (Å²) in [5, 5.41) is 14.8. The normalized spacial score (nSPS) is 11.7. The average Bonchev–Trinajstić information content (AvgIpc) is 3.12. The van der Waals surface area contributed by atoms with Crippen molar-refractivity contribution in [1.82, 2.24) is 25.4 Å². The zero-order valence-corrected chi connectivity index (χ0v) is 18.1. The van der Waals surface area contributed by atoms with E-state index in [2.05, 4.69) is 20.8 Å². The van der Waals surface area contributed by atoms with Crippen LogP contribution in [0.3, 0.4) is 0 Å². The molecule has 1 heterocycles. The van der Waals surface area contributed by atoms with Crippen molar-refractivity contribution in [3.8, 4) is 0 Å². The lowest BCUT2D eigenvalue weighted by molar-refractivity contribution is -0.118. The van der Waals surface area contributed by atoms with E-state index in [0.717, 1.165) is 11.1 Å². The Hall–Kier alpha value is -3.13. The zero-order chi connectivity index (χ0) is 21.5. The lowest BCUT2D eigenvalue weighted by Crippen LogP contribution is -2.28. The highest BCUT2D eigenvalue weighted by atomic mass is 32.2. The third-order valence-corrected chi connectivity index (χ3v) is 5.60. The molecule has 3 aromatic rings. The van der Waals surface area contributed by atoms with Crippen molar-refractivity contribution in [2.75, 3.05) is 5.75 Å². The maximum atomic E-state index is 12.4. The molecule has 0 aliphatic heterocycles. The van der Waals surface area contributed by atoms with Crippen LogP contribution in [-0.2, 0) is 18.4 Å². The van der Waals surface area contributed by atoms with Gasteiger partial charge in [-0.05, 0) is 31.5 Å². The van der Waals surface area contributed by atoms with Gasteiger partial charge >= 0.3 is 0 Å². The van der Waals surface area contributed by atoms with Gasteiger partial charge in [-0.1, -0.05) is 59.8 Å². The molecule has 3 rings (SSSR count). The molecule has 0 saturated carbocycles. The smallest absolute Gasteiger partial charge is 0.251 e. The SMILES string of the molecule is Cc1ccc(C(=O)N[C@H](C)c2nnc(SCC(=O)NCc3ccccc3)n2C)cc1. The lowest BCUT2D eigenvalue weighted by atomic mass is 10.1. The van der Waals surface area contributed by atoms with Crippen molar-refractivity contribution in [3.63, 3.8) is 0 Å². The third kappa shape index (κ3) is 5.70. The third-order valence-electron chi connectivity index (χ3n) is 4.58. The number of rotatable bonds is 8. The van der Waals surface area contributed by atoms with Crippen molar-refractivity contribution < 1.29 is 9.59 Å². The summed E-state index contributed by atoms with van der Waals surface area (Å²) in [6.07, 6.45) is 0. The number of amides is 2. The predicted molar refractivity (Wildman–Crippen MR) is 117 cm³/mol. The van der Waals surface area contributed by atoms with E-state index in [1.165, 1.54) is 11.8 Å². The van der Waals surface area contributed by atoms with Gasteiger partial charge in [0.15, 0.2) is 11.0 Å². The minimum atomic E-state index is -0.322. The van der Waals surface area contributed by atoms with E-state index in [0.29, 0.717) is 23.1 Å². The van der Waals surface area contributed by atoms with Gasteiger partial charge in [0.1, 0.15) is 0 Å². The number of carbonyl (C=O) groups is 2. The largest absolute Gasteiger partial charge is 0.351 e. The van der Waals surface area contributed by atoms with E-state index in [4.69, 9.17) is 0 Å². The van der Waals surface area contributed by atoms with Crippen molar-refractivity contribution in [2.24, 2.45) is 7.05 Å². The van der Waals surface area contributed by atoms with Crippen molar-refractivity contribution in [2.45, 2.75) is 31.6 Å². The van der Waals surface area contributed by atoms with E-state index in [-0.39, 0.29) is 23.6 Å². The van der Waals surface area contributed by atoms with Crippen molar-refractivity contribution in [1.29, 1.82) is 0 Å². The maximum absolute atomic E-state index is 12.4. The number of hydrogen-bond donors (Lipinski definition) is 2. The van der Waals surface area contributed by atoms with Crippen LogP contribution in [0.2, 0.25) is 0 Å². The predicted octanol–water partition coefficient (Wildman–Crippen LogP) is 3.02. The number of nitrogens with one attached hydrogen (secondary N) is 2. The Morgan fingerprint density at radius 3 is 2.47 bits per heavy atom. The fourth-order valence-electron chi connectivity index (χ4n) is 2.86. The van der Waals surface area contributed by atoms with Crippen LogP contribution in [0.4, 0.5) is 0 Å². The van der Waals surface area contributed by atoms with E-state index in [9.17, 15) is 9.59 Å². The van der Waals surface area contributed by atoms with Crippen LogP contribution in [0.1, 0.15) is 40.3 Å². The summed E-state index contributed by atoms with van der Waals surface area (Å²) < 4.78 is 1.80. The number of benzene rings is 2. The molecule has 156 valence electrons. The minimum Gasteiger partial charge on any atom is -0.351 e. The van der Waals surface area contributed by atoms with Gasteiger partial charge in [-0.15, -0.1) is 10.2 Å². The molecular formula is C22H25N5O2S. The van der Waals surface area contributed by atoms with Gasteiger partial charge in [0, 0.05) is 19.2 Å². The van der Waals surface area contributed by atoms with Crippen LogP contribution in [-0.4, -0.2) is 32.3 Å². The van der Waals surface area contributed by atoms with Gasteiger partial charge in [0.05, 0.1) is 11.8 Å². The van der Waals surface area contributed by atoms with Gasteiger partial charge in [-0.2, -0.15) is 0 Å². The second kappa shape index (κ2) is 10.1. The zero-order valence-electron chi connectivity index (χ0n) is 17.3. The second-order valence-corrected chi connectivity index (χ2v) is 7.95. The molecule has 0 aliphatic rings. The number of hydrogen-bond acceptors (Lipinski definition) is 5. The Labute approximate surface area is 180 Å². The summed E-state index contributed by atoms with van der Waals surface area (Å²) in [5.41, 5.74) is 2.75. The Bertz CT molecular complexity index is 1000. The fourth-order valence-corrected chi connectivity index (χ4v) is 3.60. The second-order valence-electron chi connectivity index (χ2n) is 7.01. The van der Waals surface area contributed by atoms with Gasteiger partial charge in [-0.3, -0.25) is 9.59 Å². The van der Waals surface area contributed by atoms with E-state index in [1.807, 2.05) is 63.4 Å². The van der Waals surface area contributed by atoms with Gasteiger partial charge in [0.25, 0.3) is 5.91 Å². The van der Waals surface area contributed by atoms with Crippen LogP contribution in [0.15, 0.2) is 59.8 Å². The maximum Gasteiger partial charge on any atom is 0.251 e. The Morgan fingerprint density at radius 2 is 1.77 bits per heavy atom. The van der Waals surface area contributed by atoms with Crippen LogP contribution in [0.25, 0.3) is 0 Å². The molecule has 30 heavy (non-hydrogen) atoms. The molecule has 0 radical (unpaired) electrons. The number of aromatic nitrogens is 3. The number of aryl methyl sites for hydroxylation is 1. The molecule has 2 amide bonds. The van der Waals surface area contributed by atoms with Gasteiger partial charge in [-0.25, -0.2) is 0 Å². The first-order valence-electron chi connectivity index (χ1n) is 9.64. The topological polar surface area (TPSA) is 88.9 Å². The summed E-state index contributed by atoms with van der Waals surface area (Å²) in [4.78, 5) is 24.6. The molecule has 0 fully saturated rings. The number of thioether (sulfide) groups is 1. The molecular weight excluding hydrogens is 398 g/mol. The summed E-state index contributed by atoms with van der Waals surface area (Å²) in [5.74, 6) is 0.625. The van der Waals surface area contributed by atoms with Crippen molar-refractivity contribution >= 4 is 23.6 Å². The first-order chi connectivity index (χ1) is 14.4. The highest BCUT2D eigenvalue weighted by Gasteiger charge is 2.19. The monoisotopic (exact) mass is 423 g/mol. The molecule has 0 bridgehead atoms. The van der Waals surface area contributed by atoms with E-state index >= 15 is 0 Å². The molecule has 2 N–H and O–H groups in total. The molecule has 8 heteroatoms. The number of nitrogens with zero attached hydrogens (tertiary/aromatic N) is 3. The van der Waals surface area contributed by atoms with Crippen LogP contribution >= 0.6 is 11.8 Å². The minimum absolute atomic E-state index is 0.0749. The first kappa shape index (κ1) is 21.6. The molecule has 0 aliphatic carbocycles. The highest BCUT2D eigenvalue weighted by Crippen LogP contribution is 2.19. The molecule has 7 nitrogen and oxygen atoms in total. The Kier molecular flexibility index (Phi) is 7.24. The molecule has 0 saturated heterocycles. The highest BCUT2D eigenvalue weighted by molar-refractivity contribution is 7.99. The summed E-state index contributed by atoms with van der Waals surface area (Å²) in [6, 6.07) is 16.8. The molecule has 1 atom stereocenters. The Morgan fingerprint density at radius 1 is 1.07 bits per heavy atom. The quantitative estimate of drug-likeness (QED) is 0.544. The van der Waals surface area contributed by atoms with Crippen LogP contribution < -0.4 is 10.6 Å². The van der Waals surface area contributed by atoms with Gasteiger partial charge < -0.3 is 15.2 Å². The summed E-state index contributed by atoms with van der Waals surface area (Å²) >= 11 is 1.31. The van der Waals surface area contributed by atoms with Crippen LogP contribution in [0.5, 0.6) is 0 Å². The standard InChI is InChI=1S/C22H25N5O2S/c1-15-9-11-18(12-10-15)21(29)24-16(2)20-25-26-22(27(20)3)30-14-19(28)23-13-17-7-5-4-6-8-17/h4-12,16H,13-14H2,1-3H3,(H,23,28)(H,24,29)/t16-/m1/s1. The fraction of sp³-hybridized carbons (Fsp3) is 0.273. The molecule has 0 spiro atoms. The summed E-state index contributed by atoms with van der Waals surface area (Å²) in [6.45, 7) is 4.33. The Balaban J connectivity index is 1.52. The lowest BCUT2D eigenvalue weighted by Gasteiger charge is -2.13. The molecule has 0 unspecified atom stereocenters. The van der Waals surface area contributed by atoms with Gasteiger partial charge in [0.2, 0.25) is 5.91 Å². The van der Waals surface area contributed by atoms with E-state index < -0.39 is 0 Å². The van der Waals surface area contributed by atoms with Crippen molar-refractivity contribution in [3.05, 3.63) is 77.1 Å². The first-order valence-corrected chi connectivity index (χ1v) is 10.6. The number of carbonyl (C=O) groups excluding carboxylic acids is 2. The average molecular weight is 424 g/mol. The van der Waals surface area contributed by atoms with Crippen LogP contribution in [0, 0.1) is 6.92 Å². The molecule has 1 aromatic heterocycles.